The van der Waals surface area contributed by atoms with Crippen LogP contribution in [0.1, 0.15) is 31.7 Å². The molecule has 0 radical (unpaired) electrons. The summed E-state index contributed by atoms with van der Waals surface area (Å²) in [6, 6.07) is 21.0. The Kier molecular flexibility index (Phi) is 10.8. The number of hydrogen-bond donors (Lipinski definition) is 1. The molecule has 2 saturated heterocycles. The van der Waals surface area contributed by atoms with Crippen LogP contribution in [0.25, 0.3) is 0 Å². The fraction of sp³-hybridized carbons (Fsp3) is 0.519. The number of halogens is 1. The molecule has 0 saturated carbocycles. The quantitative estimate of drug-likeness (QED) is 0.288. The molecule has 4 rings (SSSR count). The Morgan fingerprint density at radius 3 is 2.36 bits per heavy atom. The van der Waals surface area contributed by atoms with E-state index in [4.69, 9.17) is 9.73 Å². The molecule has 1 atom stereocenters. The Hall–Kier alpha value is -1.80. The van der Waals surface area contributed by atoms with E-state index in [1.54, 1.807) is 0 Å². The number of hydrogen-bond acceptors (Lipinski definition) is 3. The summed E-state index contributed by atoms with van der Waals surface area (Å²) in [4.78, 5) is 10.1. The largest absolute Gasteiger partial charge is 0.490 e. The van der Waals surface area contributed by atoms with Crippen molar-refractivity contribution in [2.75, 3.05) is 45.8 Å². The standard InChI is InChI=1S/C27H38N4O.HI/c1-2-28-27(31-19-15-26(16-20-31)32-25-11-7-4-8-12-25)29-21-24-14-18-30(22-24)17-13-23-9-5-3-6-10-23;/h3-12,24,26H,2,13-22H2,1H3,(H,28,29);1H. The van der Waals surface area contributed by atoms with Gasteiger partial charge in [0.2, 0.25) is 0 Å². The lowest BCUT2D eigenvalue weighted by atomic mass is 10.1. The van der Waals surface area contributed by atoms with E-state index in [0.717, 1.165) is 63.7 Å². The Bertz CT molecular complexity index is 825. The van der Waals surface area contributed by atoms with Crippen molar-refractivity contribution in [2.45, 2.75) is 38.7 Å². The van der Waals surface area contributed by atoms with E-state index in [1.165, 1.54) is 25.1 Å². The van der Waals surface area contributed by atoms with Crippen molar-refractivity contribution in [2.24, 2.45) is 10.9 Å². The first-order chi connectivity index (χ1) is 15.8. The second-order valence-electron chi connectivity index (χ2n) is 9.00. The van der Waals surface area contributed by atoms with Gasteiger partial charge in [-0.15, -0.1) is 24.0 Å². The smallest absolute Gasteiger partial charge is 0.193 e. The minimum atomic E-state index is 0. The maximum Gasteiger partial charge on any atom is 0.193 e. The maximum atomic E-state index is 6.16. The summed E-state index contributed by atoms with van der Waals surface area (Å²) in [6.45, 7) is 9.50. The zero-order valence-electron chi connectivity index (χ0n) is 19.9. The predicted octanol–water partition coefficient (Wildman–Crippen LogP) is 4.68. The van der Waals surface area contributed by atoms with Gasteiger partial charge in [-0.2, -0.15) is 0 Å². The lowest BCUT2D eigenvalue weighted by Crippen LogP contribution is -2.47. The maximum absolute atomic E-state index is 6.16. The number of para-hydroxylation sites is 1. The van der Waals surface area contributed by atoms with Crippen LogP contribution in [0.15, 0.2) is 65.7 Å². The van der Waals surface area contributed by atoms with E-state index in [1.807, 2.05) is 30.3 Å². The highest BCUT2D eigenvalue weighted by Gasteiger charge is 2.25. The second-order valence-corrected chi connectivity index (χ2v) is 9.00. The minimum Gasteiger partial charge on any atom is -0.490 e. The Labute approximate surface area is 216 Å². The normalized spacial score (nSPS) is 19.8. The van der Waals surface area contributed by atoms with Gasteiger partial charge in [-0.05, 0) is 49.9 Å². The molecule has 1 unspecified atom stereocenters. The minimum absolute atomic E-state index is 0. The molecule has 0 aromatic heterocycles. The van der Waals surface area contributed by atoms with Crippen LogP contribution in [0.4, 0.5) is 0 Å². The first kappa shape index (κ1) is 25.8. The van der Waals surface area contributed by atoms with Crippen LogP contribution in [0, 0.1) is 5.92 Å². The average molecular weight is 563 g/mol. The number of ether oxygens (including phenoxy) is 1. The molecule has 2 aromatic carbocycles. The molecule has 0 bridgehead atoms. The number of guanidine groups is 1. The molecule has 6 heteroatoms. The number of nitrogens with zero attached hydrogens (tertiary/aromatic N) is 3. The monoisotopic (exact) mass is 562 g/mol. The summed E-state index contributed by atoms with van der Waals surface area (Å²) < 4.78 is 6.16. The van der Waals surface area contributed by atoms with Gasteiger partial charge in [0, 0.05) is 52.1 Å². The summed E-state index contributed by atoms with van der Waals surface area (Å²) in [5, 5.41) is 3.52. The fourth-order valence-corrected chi connectivity index (χ4v) is 4.72. The molecule has 1 N–H and O–H groups in total. The highest BCUT2D eigenvalue weighted by molar-refractivity contribution is 14.0. The van der Waals surface area contributed by atoms with E-state index in [2.05, 4.69) is 52.4 Å². The zero-order valence-corrected chi connectivity index (χ0v) is 22.2. The predicted molar refractivity (Wildman–Crippen MR) is 148 cm³/mol. The SMILES string of the molecule is CCNC(=NCC1CCN(CCc2ccccc2)C1)N1CCC(Oc2ccccc2)CC1.I. The van der Waals surface area contributed by atoms with Gasteiger partial charge in [-0.3, -0.25) is 4.99 Å². The fourth-order valence-electron chi connectivity index (χ4n) is 4.72. The van der Waals surface area contributed by atoms with Gasteiger partial charge in [0.05, 0.1) is 0 Å². The van der Waals surface area contributed by atoms with Crippen molar-refractivity contribution >= 4 is 29.9 Å². The first-order valence-corrected chi connectivity index (χ1v) is 12.3. The first-order valence-electron chi connectivity index (χ1n) is 12.3. The van der Waals surface area contributed by atoms with E-state index >= 15 is 0 Å². The molecule has 180 valence electrons. The van der Waals surface area contributed by atoms with Crippen molar-refractivity contribution in [3.05, 3.63) is 66.2 Å². The van der Waals surface area contributed by atoms with Gasteiger partial charge in [0.1, 0.15) is 11.9 Å². The van der Waals surface area contributed by atoms with Crippen molar-refractivity contribution in [3.8, 4) is 5.75 Å². The van der Waals surface area contributed by atoms with E-state index < -0.39 is 0 Å². The lowest BCUT2D eigenvalue weighted by Gasteiger charge is -2.34. The van der Waals surface area contributed by atoms with Crippen LogP contribution in [0.2, 0.25) is 0 Å². The number of aliphatic imine (C=N–C) groups is 1. The van der Waals surface area contributed by atoms with Crippen molar-refractivity contribution in [3.63, 3.8) is 0 Å². The van der Waals surface area contributed by atoms with Crippen molar-refractivity contribution < 1.29 is 4.74 Å². The molecule has 2 aliphatic heterocycles. The van der Waals surface area contributed by atoms with Gasteiger partial charge >= 0.3 is 0 Å². The van der Waals surface area contributed by atoms with Gasteiger partial charge in [-0.1, -0.05) is 48.5 Å². The molecule has 0 amide bonds. The van der Waals surface area contributed by atoms with Crippen molar-refractivity contribution in [1.29, 1.82) is 0 Å². The third-order valence-electron chi connectivity index (χ3n) is 6.55. The van der Waals surface area contributed by atoms with Crippen LogP contribution in [0.3, 0.4) is 0 Å². The summed E-state index contributed by atoms with van der Waals surface area (Å²) in [7, 11) is 0. The van der Waals surface area contributed by atoms with E-state index in [-0.39, 0.29) is 24.0 Å². The Balaban J connectivity index is 0.00000306. The molecule has 0 spiro atoms. The van der Waals surface area contributed by atoms with Gasteiger partial charge in [0.15, 0.2) is 5.96 Å². The molecular formula is C27H39IN4O. The van der Waals surface area contributed by atoms with Gasteiger partial charge in [-0.25, -0.2) is 0 Å². The molecule has 2 fully saturated rings. The third-order valence-corrected chi connectivity index (χ3v) is 6.55. The Morgan fingerprint density at radius 2 is 1.67 bits per heavy atom. The Morgan fingerprint density at radius 1 is 0.970 bits per heavy atom. The average Bonchev–Trinajstić information content (AvgIpc) is 3.30. The molecule has 2 heterocycles. The lowest BCUT2D eigenvalue weighted by molar-refractivity contribution is 0.129. The van der Waals surface area contributed by atoms with Crippen molar-refractivity contribution in [1.82, 2.24) is 15.1 Å². The highest BCUT2D eigenvalue weighted by atomic mass is 127. The van der Waals surface area contributed by atoms with Crippen LogP contribution in [-0.2, 0) is 6.42 Å². The molecular weight excluding hydrogens is 523 g/mol. The number of piperidine rings is 1. The highest BCUT2D eigenvalue weighted by Crippen LogP contribution is 2.20. The van der Waals surface area contributed by atoms with E-state index in [0.29, 0.717) is 12.0 Å². The van der Waals surface area contributed by atoms with Crippen LogP contribution in [-0.4, -0.2) is 67.7 Å². The number of rotatable bonds is 8. The summed E-state index contributed by atoms with van der Waals surface area (Å²) in [5.41, 5.74) is 1.43. The summed E-state index contributed by atoms with van der Waals surface area (Å²) >= 11 is 0. The van der Waals surface area contributed by atoms with Crippen LogP contribution >= 0.6 is 24.0 Å². The number of nitrogens with one attached hydrogen (secondary N) is 1. The van der Waals surface area contributed by atoms with Crippen LogP contribution in [0.5, 0.6) is 5.75 Å². The molecule has 5 nitrogen and oxygen atoms in total. The van der Waals surface area contributed by atoms with Gasteiger partial charge in [0.25, 0.3) is 0 Å². The number of benzene rings is 2. The topological polar surface area (TPSA) is 40.1 Å². The molecule has 0 aliphatic carbocycles. The molecule has 2 aromatic rings. The number of likely N-dealkylation sites (tertiary alicyclic amines) is 2. The van der Waals surface area contributed by atoms with Gasteiger partial charge < -0.3 is 19.9 Å². The molecule has 33 heavy (non-hydrogen) atoms. The summed E-state index contributed by atoms with van der Waals surface area (Å²) in [5.74, 6) is 2.72. The van der Waals surface area contributed by atoms with E-state index in [9.17, 15) is 0 Å². The zero-order chi connectivity index (χ0) is 22.0. The summed E-state index contributed by atoms with van der Waals surface area (Å²) in [6.07, 6.45) is 4.76. The molecule has 2 aliphatic rings. The second kappa shape index (κ2) is 13.8. The van der Waals surface area contributed by atoms with Crippen LogP contribution < -0.4 is 10.1 Å². The third kappa shape index (κ3) is 8.18.